The predicted molar refractivity (Wildman–Crippen MR) is 103 cm³/mol. The summed E-state index contributed by atoms with van der Waals surface area (Å²) in [5, 5.41) is 4.17. The van der Waals surface area contributed by atoms with Gasteiger partial charge in [-0.15, -0.1) is 0 Å². The third-order valence-electron chi connectivity index (χ3n) is 5.32. The number of likely N-dealkylation sites (tertiary alicyclic amines) is 1. The van der Waals surface area contributed by atoms with Gasteiger partial charge in [0.25, 0.3) is 5.91 Å². The van der Waals surface area contributed by atoms with Gasteiger partial charge in [0.15, 0.2) is 6.61 Å². The van der Waals surface area contributed by atoms with E-state index in [4.69, 9.17) is 20.8 Å². The van der Waals surface area contributed by atoms with Crippen molar-refractivity contribution in [3.8, 4) is 5.75 Å². The number of carbonyl (C=O) groups excluding carboxylic acids is 1. The summed E-state index contributed by atoms with van der Waals surface area (Å²) in [7, 11) is 0. The SMILES string of the molecule is Cc1cc(=O)oc2cc(OCC(=O)NC3CCN(C4CC4)CC3)c(Cl)cc12. The first-order valence-corrected chi connectivity index (χ1v) is 9.77. The summed E-state index contributed by atoms with van der Waals surface area (Å²) >= 11 is 6.26. The molecule has 1 amide bonds. The molecule has 0 spiro atoms. The van der Waals surface area contributed by atoms with Crippen LogP contribution in [0.5, 0.6) is 5.75 Å². The van der Waals surface area contributed by atoms with Crippen LogP contribution in [0.15, 0.2) is 27.4 Å². The lowest BCUT2D eigenvalue weighted by atomic mass is 10.0. The van der Waals surface area contributed by atoms with Gasteiger partial charge in [-0.1, -0.05) is 11.6 Å². The zero-order chi connectivity index (χ0) is 19.0. The Morgan fingerprint density at radius 1 is 1.26 bits per heavy atom. The third-order valence-corrected chi connectivity index (χ3v) is 5.62. The molecule has 7 heteroatoms. The molecule has 2 heterocycles. The second-order valence-electron chi connectivity index (χ2n) is 7.42. The van der Waals surface area contributed by atoms with Gasteiger partial charge in [0.2, 0.25) is 0 Å². The van der Waals surface area contributed by atoms with Crippen molar-refractivity contribution >= 4 is 28.5 Å². The summed E-state index contributed by atoms with van der Waals surface area (Å²) in [5.74, 6) is 0.165. The maximum absolute atomic E-state index is 12.2. The fourth-order valence-corrected chi connectivity index (χ4v) is 3.91. The Balaban J connectivity index is 1.34. The summed E-state index contributed by atoms with van der Waals surface area (Å²) in [6.45, 7) is 3.79. The van der Waals surface area contributed by atoms with E-state index in [0.29, 0.717) is 16.4 Å². The minimum atomic E-state index is -0.427. The van der Waals surface area contributed by atoms with Gasteiger partial charge in [0, 0.05) is 42.7 Å². The molecule has 1 aliphatic carbocycles. The zero-order valence-electron chi connectivity index (χ0n) is 15.3. The minimum Gasteiger partial charge on any atom is -0.482 e. The highest BCUT2D eigenvalue weighted by molar-refractivity contribution is 6.32. The first-order chi connectivity index (χ1) is 13.0. The molecular weight excluding hydrogens is 368 g/mol. The Bertz CT molecular complexity index is 914. The summed E-state index contributed by atoms with van der Waals surface area (Å²) in [6, 6.07) is 5.65. The van der Waals surface area contributed by atoms with Gasteiger partial charge < -0.3 is 19.4 Å². The van der Waals surface area contributed by atoms with Crippen molar-refractivity contribution < 1.29 is 13.9 Å². The molecule has 27 heavy (non-hydrogen) atoms. The van der Waals surface area contributed by atoms with Crippen LogP contribution >= 0.6 is 11.6 Å². The average Bonchev–Trinajstić information content (AvgIpc) is 3.46. The molecule has 0 bridgehead atoms. The number of halogens is 1. The van der Waals surface area contributed by atoms with E-state index in [-0.39, 0.29) is 18.6 Å². The van der Waals surface area contributed by atoms with Gasteiger partial charge in [0.05, 0.1) is 5.02 Å². The molecule has 0 unspecified atom stereocenters. The molecule has 0 radical (unpaired) electrons. The Hall–Kier alpha value is -2.05. The van der Waals surface area contributed by atoms with Gasteiger partial charge >= 0.3 is 5.63 Å². The fourth-order valence-electron chi connectivity index (χ4n) is 3.69. The Morgan fingerprint density at radius 2 is 2.00 bits per heavy atom. The van der Waals surface area contributed by atoms with Crippen molar-refractivity contribution in [1.29, 1.82) is 0 Å². The van der Waals surface area contributed by atoms with Crippen molar-refractivity contribution in [3.63, 3.8) is 0 Å². The molecule has 2 aliphatic rings. The first-order valence-electron chi connectivity index (χ1n) is 9.40. The lowest BCUT2D eigenvalue weighted by molar-refractivity contribution is -0.124. The number of nitrogens with one attached hydrogen (secondary N) is 1. The summed E-state index contributed by atoms with van der Waals surface area (Å²) < 4.78 is 10.8. The first kappa shape index (κ1) is 18.3. The molecule has 0 atom stereocenters. The Morgan fingerprint density at radius 3 is 2.70 bits per heavy atom. The van der Waals surface area contributed by atoms with E-state index in [1.54, 1.807) is 12.1 Å². The molecule has 1 aromatic heterocycles. The van der Waals surface area contributed by atoms with Crippen molar-refractivity contribution in [1.82, 2.24) is 10.2 Å². The maximum atomic E-state index is 12.2. The molecule has 1 saturated carbocycles. The summed E-state index contributed by atoms with van der Waals surface area (Å²) in [4.78, 5) is 26.3. The van der Waals surface area contributed by atoms with E-state index >= 15 is 0 Å². The van der Waals surface area contributed by atoms with Gasteiger partial charge in [-0.25, -0.2) is 4.79 Å². The molecule has 1 aromatic carbocycles. The number of carbonyl (C=O) groups is 1. The highest BCUT2D eigenvalue weighted by Gasteiger charge is 2.32. The van der Waals surface area contributed by atoms with Gasteiger partial charge in [-0.2, -0.15) is 0 Å². The Kier molecular flexibility index (Phi) is 5.10. The molecule has 6 nitrogen and oxygen atoms in total. The van der Waals surface area contributed by atoms with E-state index in [0.717, 1.165) is 42.9 Å². The molecule has 1 saturated heterocycles. The van der Waals surface area contributed by atoms with Crippen LogP contribution in [0.4, 0.5) is 0 Å². The molecule has 144 valence electrons. The second kappa shape index (κ2) is 7.52. The number of hydrogen-bond donors (Lipinski definition) is 1. The molecule has 1 N–H and O–H groups in total. The van der Waals surface area contributed by atoms with E-state index in [9.17, 15) is 9.59 Å². The second-order valence-corrected chi connectivity index (χ2v) is 7.83. The number of benzene rings is 1. The van der Waals surface area contributed by atoms with Gasteiger partial charge in [0.1, 0.15) is 11.3 Å². The molecule has 2 fully saturated rings. The number of amides is 1. The normalized spacial score (nSPS) is 18.6. The Labute approximate surface area is 162 Å². The van der Waals surface area contributed by atoms with Crippen molar-refractivity contribution in [3.05, 3.63) is 39.2 Å². The number of aryl methyl sites for hydroxylation is 1. The number of hydrogen-bond acceptors (Lipinski definition) is 5. The van der Waals surface area contributed by atoms with Gasteiger partial charge in [-0.05, 0) is 44.2 Å². The minimum absolute atomic E-state index is 0.121. The molecule has 2 aromatic rings. The number of fused-ring (bicyclic) bond motifs is 1. The average molecular weight is 391 g/mol. The van der Waals surface area contributed by atoms with Crippen LogP contribution in [0.2, 0.25) is 5.02 Å². The molecule has 1 aliphatic heterocycles. The van der Waals surface area contributed by atoms with Crippen LogP contribution in [-0.2, 0) is 4.79 Å². The van der Waals surface area contributed by atoms with Crippen LogP contribution in [0.3, 0.4) is 0 Å². The van der Waals surface area contributed by atoms with Crippen LogP contribution in [0, 0.1) is 6.92 Å². The standard InChI is InChI=1S/C20H23ClN2O4/c1-12-8-20(25)27-17-10-18(16(21)9-15(12)17)26-11-19(24)22-13-4-6-23(7-5-13)14-2-3-14/h8-10,13-14H,2-7,11H2,1H3,(H,22,24). The molecule has 4 rings (SSSR count). The highest BCUT2D eigenvalue weighted by Crippen LogP contribution is 2.31. The number of ether oxygens (including phenoxy) is 1. The third kappa shape index (κ3) is 4.28. The maximum Gasteiger partial charge on any atom is 0.336 e. The van der Waals surface area contributed by atoms with E-state index in [2.05, 4.69) is 10.2 Å². The van der Waals surface area contributed by atoms with E-state index in [1.165, 1.54) is 18.9 Å². The zero-order valence-corrected chi connectivity index (χ0v) is 16.1. The van der Waals surface area contributed by atoms with Gasteiger partial charge in [-0.3, -0.25) is 4.79 Å². The molecular formula is C20H23ClN2O4. The highest BCUT2D eigenvalue weighted by atomic mass is 35.5. The summed E-state index contributed by atoms with van der Waals surface area (Å²) in [5.41, 5.74) is 0.751. The predicted octanol–water partition coefficient (Wildman–Crippen LogP) is 2.88. The van der Waals surface area contributed by atoms with Crippen molar-refractivity contribution in [2.75, 3.05) is 19.7 Å². The topological polar surface area (TPSA) is 71.8 Å². The monoisotopic (exact) mass is 390 g/mol. The number of piperidine rings is 1. The largest absolute Gasteiger partial charge is 0.482 e. The quantitative estimate of drug-likeness (QED) is 0.795. The van der Waals surface area contributed by atoms with Crippen molar-refractivity contribution in [2.45, 2.75) is 44.7 Å². The lowest BCUT2D eigenvalue weighted by Gasteiger charge is -2.32. The van der Waals surface area contributed by atoms with Crippen LogP contribution < -0.4 is 15.7 Å². The van der Waals surface area contributed by atoms with Crippen LogP contribution in [-0.4, -0.2) is 42.6 Å². The number of rotatable bonds is 5. The smallest absolute Gasteiger partial charge is 0.336 e. The lowest BCUT2D eigenvalue weighted by Crippen LogP contribution is -2.46. The summed E-state index contributed by atoms with van der Waals surface area (Å²) in [6.07, 6.45) is 4.58. The van der Waals surface area contributed by atoms with E-state index in [1.807, 2.05) is 6.92 Å². The van der Waals surface area contributed by atoms with E-state index < -0.39 is 5.63 Å². The fraction of sp³-hybridized carbons (Fsp3) is 0.500. The van der Waals surface area contributed by atoms with Crippen LogP contribution in [0.25, 0.3) is 11.0 Å². The van der Waals surface area contributed by atoms with Crippen LogP contribution in [0.1, 0.15) is 31.2 Å². The number of nitrogens with zero attached hydrogens (tertiary/aromatic N) is 1. The van der Waals surface area contributed by atoms with Crippen molar-refractivity contribution in [2.24, 2.45) is 0 Å².